The molecule has 4 rings (SSSR count). The fourth-order valence-corrected chi connectivity index (χ4v) is 6.14. The summed E-state index contributed by atoms with van der Waals surface area (Å²) in [4.78, 5) is 36.3. The SMILES string of the molecule is CC(C)Cn1c(=O)c(C(=O)N2CCN([S+](=O)([O-])c3cccs3)CC2)nc2cccnc21. The lowest BCUT2D eigenvalue weighted by Crippen LogP contribution is -2.53. The van der Waals surface area contributed by atoms with E-state index in [-0.39, 0.29) is 42.0 Å². The Hall–Kier alpha value is -2.47. The van der Waals surface area contributed by atoms with E-state index in [0.717, 1.165) is 0 Å². The topological polar surface area (TPSA) is 111 Å². The molecule has 0 saturated carbocycles. The maximum atomic E-state index is 13.2. The van der Waals surface area contributed by atoms with Gasteiger partial charge in [0.15, 0.2) is 21.7 Å². The molecular weight excluding hydrogens is 438 g/mol. The van der Waals surface area contributed by atoms with Crippen LogP contribution in [-0.2, 0) is 21.2 Å². The van der Waals surface area contributed by atoms with E-state index < -0.39 is 21.9 Å². The molecule has 0 aromatic carbocycles. The van der Waals surface area contributed by atoms with E-state index >= 15 is 0 Å². The fraction of sp³-hybridized carbons (Fsp3) is 0.400. The van der Waals surface area contributed by atoms with E-state index in [0.29, 0.717) is 17.7 Å². The van der Waals surface area contributed by atoms with Crippen molar-refractivity contribution < 1.29 is 13.6 Å². The van der Waals surface area contributed by atoms with Crippen molar-refractivity contribution in [3.63, 3.8) is 0 Å². The summed E-state index contributed by atoms with van der Waals surface area (Å²) in [5.74, 6) is -0.305. The second-order valence-corrected chi connectivity index (χ2v) is 10.9. The Morgan fingerprint density at radius 2 is 1.97 bits per heavy atom. The van der Waals surface area contributed by atoms with Crippen molar-refractivity contribution in [2.24, 2.45) is 5.92 Å². The van der Waals surface area contributed by atoms with E-state index in [2.05, 4.69) is 9.97 Å². The summed E-state index contributed by atoms with van der Waals surface area (Å²) in [5, 5.41) is 1.72. The lowest BCUT2D eigenvalue weighted by atomic mass is 10.2. The summed E-state index contributed by atoms with van der Waals surface area (Å²) < 4.78 is 28.6. The van der Waals surface area contributed by atoms with E-state index in [4.69, 9.17) is 0 Å². The zero-order chi connectivity index (χ0) is 22.2. The Labute approximate surface area is 184 Å². The minimum Gasteiger partial charge on any atom is -0.592 e. The number of amides is 1. The first-order valence-electron chi connectivity index (χ1n) is 9.97. The Bertz CT molecular complexity index is 1200. The quantitative estimate of drug-likeness (QED) is 0.536. The molecular formula is C20H23N5O4S2. The number of rotatable bonds is 5. The third-order valence-corrected chi connectivity index (χ3v) is 8.34. The van der Waals surface area contributed by atoms with Crippen LogP contribution in [0.1, 0.15) is 24.3 Å². The molecule has 4 heterocycles. The van der Waals surface area contributed by atoms with Gasteiger partial charge in [0, 0.05) is 31.9 Å². The molecule has 0 radical (unpaired) electrons. The molecule has 1 amide bonds. The molecule has 1 fully saturated rings. The highest BCUT2D eigenvalue weighted by Gasteiger charge is 2.36. The number of thiophene rings is 1. The highest BCUT2D eigenvalue weighted by molar-refractivity contribution is 7.97. The van der Waals surface area contributed by atoms with Gasteiger partial charge in [-0.3, -0.25) is 14.2 Å². The summed E-state index contributed by atoms with van der Waals surface area (Å²) in [6.07, 6.45) is 1.59. The Kier molecular flexibility index (Phi) is 6.02. The number of fused-ring (bicyclic) bond motifs is 1. The first-order valence-corrected chi connectivity index (χ1v) is 12.3. The van der Waals surface area contributed by atoms with E-state index in [1.54, 1.807) is 35.8 Å². The maximum absolute atomic E-state index is 13.2. The predicted molar refractivity (Wildman–Crippen MR) is 118 cm³/mol. The van der Waals surface area contributed by atoms with Crippen molar-refractivity contribution in [2.75, 3.05) is 26.2 Å². The molecule has 0 aliphatic carbocycles. The second-order valence-electron chi connectivity index (χ2n) is 7.74. The Balaban J connectivity index is 1.59. The summed E-state index contributed by atoms with van der Waals surface area (Å²) in [7, 11) is -3.57. The minimum atomic E-state index is -3.57. The molecule has 1 aliphatic heterocycles. The average molecular weight is 462 g/mol. The van der Waals surface area contributed by atoms with Crippen molar-refractivity contribution in [1.29, 1.82) is 0 Å². The smallest absolute Gasteiger partial charge is 0.283 e. The molecule has 0 spiro atoms. The number of sulfonamides is 1. The number of nitrogens with zero attached hydrogens (tertiary/aromatic N) is 5. The molecule has 0 bridgehead atoms. The van der Waals surface area contributed by atoms with Gasteiger partial charge in [-0.1, -0.05) is 29.4 Å². The lowest BCUT2D eigenvalue weighted by molar-refractivity contribution is 0.0685. The van der Waals surface area contributed by atoms with E-state index in [1.165, 1.54) is 25.1 Å². The summed E-state index contributed by atoms with van der Waals surface area (Å²) >= 11 is 1.17. The zero-order valence-electron chi connectivity index (χ0n) is 17.3. The van der Waals surface area contributed by atoms with Gasteiger partial charge in [-0.25, -0.2) is 9.97 Å². The number of piperazine rings is 1. The Morgan fingerprint density at radius 3 is 2.61 bits per heavy atom. The van der Waals surface area contributed by atoms with Gasteiger partial charge in [0.2, 0.25) is 4.21 Å². The number of carbonyl (C=O) groups is 1. The van der Waals surface area contributed by atoms with Crippen LogP contribution < -0.4 is 5.56 Å². The molecule has 3 aromatic heterocycles. The standard InChI is InChI=1S/C20H23N5O4S2/c1-14(2)13-25-18-15(5-3-7-21-18)22-17(20(25)27)19(26)23-8-10-24(11-9-23)31(28,29)16-6-4-12-30-16/h3-7,12,14H,8-11,13H2,1-2H3. The molecule has 1 unspecified atom stereocenters. The largest absolute Gasteiger partial charge is 0.592 e. The van der Waals surface area contributed by atoms with Crippen LogP contribution in [0.2, 0.25) is 0 Å². The van der Waals surface area contributed by atoms with Gasteiger partial charge in [-0.2, -0.15) is 0 Å². The van der Waals surface area contributed by atoms with Gasteiger partial charge in [-0.15, -0.1) is 4.31 Å². The highest BCUT2D eigenvalue weighted by Crippen LogP contribution is 2.26. The zero-order valence-corrected chi connectivity index (χ0v) is 18.9. The van der Waals surface area contributed by atoms with Gasteiger partial charge < -0.3 is 9.45 Å². The van der Waals surface area contributed by atoms with Crippen LogP contribution in [0.25, 0.3) is 11.2 Å². The summed E-state index contributed by atoms with van der Waals surface area (Å²) in [5.41, 5.74) is 0.295. The van der Waals surface area contributed by atoms with Crippen molar-refractivity contribution >= 4 is 38.8 Å². The van der Waals surface area contributed by atoms with Gasteiger partial charge in [0.1, 0.15) is 5.52 Å². The molecule has 1 aliphatic rings. The van der Waals surface area contributed by atoms with E-state index in [1.807, 2.05) is 13.8 Å². The second kappa shape index (κ2) is 8.58. The third kappa shape index (κ3) is 4.18. The number of hydrogen-bond donors (Lipinski definition) is 0. The molecule has 1 atom stereocenters. The highest BCUT2D eigenvalue weighted by atomic mass is 32.3. The fourth-order valence-electron chi connectivity index (χ4n) is 3.57. The van der Waals surface area contributed by atoms with Crippen molar-refractivity contribution in [1.82, 2.24) is 23.7 Å². The van der Waals surface area contributed by atoms with Crippen LogP contribution in [0, 0.1) is 5.92 Å². The van der Waals surface area contributed by atoms with Gasteiger partial charge in [-0.05, 0) is 29.5 Å². The molecule has 3 aromatic rings. The third-order valence-electron chi connectivity index (χ3n) is 5.07. The van der Waals surface area contributed by atoms with Gasteiger partial charge >= 0.3 is 0 Å². The number of carbonyl (C=O) groups excluding carboxylic acids is 1. The van der Waals surface area contributed by atoms with Crippen LogP contribution in [-0.4, -0.2) is 60.4 Å². The first kappa shape index (κ1) is 21.8. The van der Waals surface area contributed by atoms with Crippen molar-refractivity contribution in [3.05, 3.63) is 51.9 Å². The van der Waals surface area contributed by atoms with Crippen LogP contribution >= 0.6 is 11.3 Å². The molecule has 0 N–H and O–H groups in total. The normalized spacial score (nSPS) is 17.2. The van der Waals surface area contributed by atoms with Crippen LogP contribution in [0.15, 0.2) is 44.8 Å². The number of hydrogen-bond acceptors (Lipinski definition) is 7. The molecule has 11 heteroatoms. The monoisotopic (exact) mass is 461 g/mol. The van der Waals surface area contributed by atoms with Gasteiger partial charge in [0.05, 0.1) is 13.1 Å². The van der Waals surface area contributed by atoms with Crippen LogP contribution in [0.5, 0.6) is 0 Å². The summed E-state index contributed by atoms with van der Waals surface area (Å²) in [6, 6.07) is 6.70. The van der Waals surface area contributed by atoms with Crippen molar-refractivity contribution in [2.45, 2.75) is 24.6 Å². The molecule has 31 heavy (non-hydrogen) atoms. The number of aromatic nitrogens is 3. The van der Waals surface area contributed by atoms with Crippen LogP contribution in [0.3, 0.4) is 0 Å². The minimum absolute atomic E-state index is 0.157. The number of pyridine rings is 1. The molecule has 9 nitrogen and oxygen atoms in total. The van der Waals surface area contributed by atoms with E-state index in [9.17, 15) is 18.4 Å². The van der Waals surface area contributed by atoms with Crippen molar-refractivity contribution in [3.8, 4) is 0 Å². The average Bonchev–Trinajstić information content (AvgIpc) is 3.31. The predicted octanol–water partition coefficient (Wildman–Crippen LogP) is 1.87. The van der Waals surface area contributed by atoms with Gasteiger partial charge in [0.25, 0.3) is 11.5 Å². The summed E-state index contributed by atoms with van der Waals surface area (Å²) in [6.45, 7) is 5.11. The Morgan fingerprint density at radius 1 is 1.23 bits per heavy atom. The first-order chi connectivity index (χ1) is 14.8. The maximum Gasteiger partial charge on any atom is 0.283 e. The lowest BCUT2D eigenvalue weighted by Gasteiger charge is -2.35. The molecule has 164 valence electrons. The van der Waals surface area contributed by atoms with Crippen LogP contribution in [0.4, 0.5) is 0 Å². The molecule has 1 saturated heterocycles.